The zero-order valence-corrected chi connectivity index (χ0v) is 18.6. The highest BCUT2D eigenvalue weighted by Gasteiger charge is 2.25. The van der Waals surface area contributed by atoms with Crippen LogP contribution in [0.3, 0.4) is 0 Å². The Hall–Kier alpha value is -1.87. The maximum absolute atomic E-state index is 12.8. The van der Waals surface area contributed by atoms with Gasteiger partial charge in [0.2, 0.25) is 11.8 Å². The molecule has 1 atom stereocenters. The summed E-state index contributed by atoms with van der Waals surface area (Å²) in [5, 5.41) is 5.12. The summed E-state index contributed by atoms with van der Waals surface area (Å²) in [7, 11) is 0. The lowest BCUT2D eigenvalue weighted by Gasteiger charge is -2.34. The molecule has 0 saturated carbocycles. The topological polar surface area (TPSA) is 61.9 Å². The molecule has 1 aromatic carbocycles. The molecule has 2 aliphatic rings. The Labute approximate surface area is 185 Å². The van der Waals surface area contributed by atoms with Crippen molar-refractivity contribution in [2.75, 3.05) is 50.0 Å². The summed E-state index contributed by atoms with van der Waals surface area (Å²) in [5.74, 6) is 0.829. The number of carbonyl (C=O) groups excluding carboxylic acids is 2. The van der Waals surface area contributed by atoms with Crippen molar-refractivity contribution in [2.24, 2.45) is 0 Å². The Bertz CT molecular complexity index is 853. The van der Waals surface area contributed by atoms with E-state index in [2.05, 4.69) is 21.7 Å². The minimum absolute atomic E-state index is 0.0147. The van der Waals surface area contributed by atoms with Crippen LogP contribution in [0.25, 0.3) is 0 Å². The Balaban J connectivity index is 1.29. The number of nitrogens with zero attached hydrogens (tertiary/aromatic N) is 2. The Morgan fingerprint density at radius 3 is 2.70 bits per heavy atom. The summed E-state index contributed by atoms with van der Waals surface area (Å²) in [6.07, 6.45) is 0.441. The van der Waals surface area contributed by atoms with Crippen LogP contribution in [0.1, 0.15) is 23.8 Å². The van der Waals surface area contributed by atoms with Crippen molar-refractivity contribution in [3.63, 3.8) is 0 Å². The highest BCUT2D eigenvalue weighted by molar-refractivity contribution is 7.99. The van der Waals surface area contributed by atoms with Crippen molar-refractivity contribution in [1.82, 2.24) is 10.2 Å². The number of rotatable bonds is 7. The Morgan fingerprint density at radius 2 is 1.90 bits per heavy atom. The predicted octanol–water partition coefficient (Wildman–Crippen LogP) is 3.16. The summed E-state index contributed by atoms with van der Waals surface area (Å²) in [5.41, 5.74) is 0.962. The number of benzene rings is 1. The Kier molecular flexibility index (Phi) is 7.43. The van der Waals surface area contributed by atoms with E-state index < -0.39 is 0 Å². The quantitative estimate of drug-likeness (QED) is 0.709. The molecule has 0 spiro atoms. The molecule has 160 valence electrons. The third kappa shape index (κ3) is 5.24. The first kappa shape index (κ1) is 21.4. The number of anilines is 1. The smallest absolute Gasteiger partial charge is 0.227 e. The number of nitrogens with one attached hydrogen (secondary N) is 1. The lowest BCUT2D eigenvalue weighted by molar-refractivity contribution is -0.125. The minimum Gasteiger partial charge on any atom is -0.379 e. The SMILES string of the molecule is O=C(CCC(=O)N1CCSc2ccccc21)NCC(c1cccs1)N1CCOCC1. The van der Waals surface area contributed by atoms with E-state index in [0.717, 1.165) is 42.6 Å². The van der Waals surface area contributed by atoms with Crippen LogP contribution in [-0.4, -0.2) is 61.9 Å². The summed E-state index contributed by atoms with van der Waals surface area (Å²) in [6, 6.07) is 12.3. The summed E-state index contributed by atoms with van der Waals surface area (Å²) in [4.78, 5) is 31.8. The van der Waals surface area contributed by atoms with E-state index in [4.69, 9.17) is 4.74 Å². The predicted molar refractivity (Wildman–Crippen MR) is 121 cm³/mol. The fourth-order valence-corrected chi connectivity index (χ4v) is 5.72. The van der Waals surface area contributed by atoms with Crippen LogP contribution in [0.15, 0.2) is 46.7 Å². The number of morpholine rings is 1. The van der Waals surface area contributed by atoms with Gasteiger partial charge in [0, 0.05) is 54.5 Å². The molecule has 2 aromatic rings. The normalized spacial score (nSPS) is 17.9. The van der Waals surface area contributed by atoms with Gasteiger partial charge >= 0.3 is 0 Å². The van der Waals surface area contributed by atoms with Gasteiger partial charge in [0.25, 0.3) is 0 Å². The van der Waals surface area contributed by atoms with Crippen molar-refractivity contribution >= 4 is 40.6 Å². The van der Waals surface area contributed by atoms with Gasteiger partial charge in [-0.2, -0.15) is 0 Å². The van der Waals surface area contributed by atoms with Crippen LogP contribution in [0.4, 0.5) is 5.69 Å². The van der Waals surface area contributed by atoms with Crippen LogP contribution in [0.2, 0.25) is 0 Å². The molecule has 2 aliphatic heterocycles. The number of fused-ring (bicyclic) bond motifs is 1. The van der Waals surface area contributed by atoms with Crippen LogP contribution in [0, 0.1) is 0 Å². The van der Waals surface area contributed by atoms with Crippen LogP contribution in [0.5, 0.6) is 0 Å². The third-order valence-corrected chi connectivity index (χ3v) is 7.46. The van der Waals surface area contributed by atoms with Gasteiger partial charge in [0.15, 0.2) is 0 Å². The largest absolute Gasteiger partial charge is 0.379 e. The number of hydrogen-bond acceptors (Lipinski definition) is 6. The van der Waals surface area contributed by atoms with Gasteiger partial charge in [-0.15, -0.1) is 23.1 Å². The maximum Gasteiger partial charge on any atom is 0.227 e. The molecule has 30 heavy (non-hydrogen) atoms. The second-order valence-electron chi connectivity index (χ2n) is 7.35. The lowest BCUT2D eigenvalue weighted by atomic mass is 10.1. The van der Waals surface area contributed by atoms with Crippen molar-refractivity contribution in [1.29, 1.82) is 0 Å². The fourth-order valence-electron chi connectivity index (χ4n) is 3.86. The molecule has 0 bridgehead atoms. The molecule has 1 aromatic heterocycles. The highest BCUT2D eigenvalue weighted by Crippen LogP contribution is 2.34. The molecular weight excluding hydrogens is 418 g/mol. The monoisotopic (exact) mass is 445 g/mol. The lowest BCUT2D eigenvalue weighted by Crippen LogP contribution is -2.43. The van der Waals surface area contributed by atoms with Gasteiger partial charge in [-0.3, -0.25) is 14.5 Å². The van der Waals surface area contributed by atoms with Crippen LogP contribution in [-0.2, 0) is 14.3 Å². The van der Waals surface area contributed by atoms with E-state index in [-0.39, 0.29) is 30.7 Å². The molecule has 0 aliphatic carbocycles. The van der Waals surface area contributed by atoms with Gasteiger partial charge < -0.3 is 15.0 Å². The molecule has 8 heteroatoms. The first-order valence-corrected chi connectivity index (χ1v) is 12.2. The van der Waals surface area contributed by atoms with E-state index in [1.54, 1.807) is 23.1 Å². The van der Waals surface area contributed by atoms with E-state index >= 15 is 0 Å². The van der Waals surface area contributed by atoms with Crippen molar-refractivity contribution in [3.05, 3.63) is 46.7 Å². The van der Waals surface area contributed by atoms with Gasteiger partial charge in [0.1, 0.15) is 0 Å². The summed E-state index contributed by atoms with van der Waals surface area (Å²) < 4.78 is 5.47. The molecule has 2 amide bonds. The molecule has 1 N–H and O–H groups in total. The summed E-state index contributed by atoms with van der Waals surface area (Å²) >= 11 is 3.48. The van der Waals surface area contributed by atoms with Crippen LogP contribution < -0.4 is 10.2 Å². The molecule has 1 saturated heterocycles. The number of ether oxygens (including phenoxy) is 1. The number of hydrogen-bond donors (Lipinski definition) is 1. The van der Waals surface area contributed by atoms with E-state index in [9.17, 15) is 9.59 Å². The third-order valence-electron chi connectivity index (χ3n) is 5.45. The molecule has 4 rings (SSSR count). The zero-order valence-electron chi connectivity index (χ0n) is 16.9. The van der Waals surface area contributed by atoms with Crippen molar-refractivity contribution in [3.8, 4) is 0 Å². The minimum atomic E-state index is -0.0714. The number of amides is 2. The molecule has 0 radical (unpaired) electrons. The maximum atomic E-state index is 12.8. The van der Waals surface area contributed by atoms with E-state index in [1.807, 2.05) is 35.2 Å². The first-order chi connectivity index (χ1) is 14.7. The average molecular weight is 446 g/mol. The number of thiophene rings is 1. The van der Waals surface area contributed by atoms with Crippen molar-refractivity contribution in [2.45, 2.75) is 23.8 Å². The average Bonchev–Trinajstić information content (AvgIpc) is 3.32. The van der Waals surface area contributed by atoms with Crippen LogP contribution >= 0.6 is 23.1 Å². The van der Waals surface area contributed by atoms with Gasteiger partial charge in [-0.1, -0.05) is 18.2 Å². The Morgan fingerprint density at radius 1 is 1.07 bits per heavy atom. The van der Waals surface area contributed by atoms with Crippen molar-refractivity contribution < 1.29 is 14.3 Å². The number of para-hydroxylation sites is 1. The zero-order chi connectivity index (χ0) is 20.8. The van der Waals surface area contributed by atoms with E-state index in [1.165, 1.54) is 4.88 Å². The summed E-state index contributed by atoms with van der Waals surface area (Å²) in [6.45, 7) is 4.42. The molecule has 1 fully saturated rings. The fraction of sp³-hybridized carbons (Fsp3) is 0.455. The van der Waals surface area contributed by atoms with Gasteiger partial charge in [-0.25, -0.2) is 0 Å². The molecule has 1 unspecified atom stereocenters. The second-order valence-corrected chi connectivity index (χ2v) is 9.46. The van der Waals surface area contributed by atoms with E-state index in [0.29, 0.717) is 13.1 Å². The molecular formula is C22H27N3O3S2. The highest BCUT2D eigenvalue weighted by atomic mass is 32.2. The number of carbonyl (C=O) groups is 2. The molecule has 6 nitrogen and oxygen atoms in total. The standard InChI is InChI=1S/C22H27N3O3S2/c26-21(7-8-22(27)25-11-15-30-19-5-2-1-4-17(19)25)23-16-18(20-6-3-14-29-20)24-9-12-28-13-10-24/h1-6,14,18H,7-13,15-16H2,(H,23,26). The van der Waals surface area contributed by atoms with Gasteiger partial charge in [0.05, 0.1) is 24.9 Å². The van der Waals surface area contributed by atoms with Gasteiger partial charge in [-0.05, 0) is 23.6 Å². The first-order valence-electron chi connectivity index (χ1n) is 10.4. The second kappa shape index (κ2) is 10.4. The number of thioether (sulfide) groups is 1. The molecule has 3 heterocycles.